The number of rotatable bonds is 8. The minimum atomic E-state index is -4.50. The molecule has 1 aromatic heterocycles. The second-order valence-electron chi connectivity index (χ2n) is 9.11. The first-order chi connectivity index (χ1) is 16.3. The van der Waals surface area contributed by atoms with Gasteiger partial charge in [0.05, 0.1) is 5.56 Å². The van der Waals surface area contributed by atoms with E-state index in [2.05, 4.69) is 16.4 Å². The molecular weight excluding hydrogens is 477 g/mol. The van der Waals surface area contributed by atoms with Crippen molar-refractivity contribution < 1.29 is 22.7 Å². The Labute approximate surface area is 208 Å². The van der Waals surface area contributed by atoms with Crippen LogP contribution in [0.2, 0.25) is 5.02 Å². The van der Waals surface area contributed by atoms with Crippen LogP contribution in [-0.4, -0.2) is 22.5 Å². The predicted octanol–water partition coefficient (Wildman–Crippen LogP) is 6.75. The molecule has 4 nitrogen and oxygen atoms in total. The van der Waals surface area contributed by atoms with Crippen molar-refractivity contribution in [2.24, 2.45) is 0 Å². The molecule has 2 unspecified atom stereocenters. The van der Waals surface area contributed by atoms with Gasteiger partial charge in [-0.1, -0.05) is 53.6 Å². The quantitative estimate of drug-likeness (QED) is 0.369. The fourth-order valence-corrected chi connectivity index (χ4v) is 3.88. The van der Waals surface area contributed by atoms with Crippen LogP contribution in [0, 0.1) is 6.92 Å². The highest BCUT2D eigenvalue weighted by molar-refractivity contribution is 6.30. The molecule has 2 aromatic carbocycles. The number of pyridine rings is 1. The fourth-order valence-electron chi connectivity index (χ4n) is 3.76. The Kier molecular flexibility index (Phi) is 8.11. The van der Waals surface area contributed by atoms with E-state index in [9.17, 15) is 18.0 Å². The normalized spacial score (nSPS) is 13.7. The lowest BCUT2D eigenvalue weighted by atomic mass is 9.85. The molecule has 3 rings (SSSR count). The van der Waals surface area contributed by atoms with Crippen LogP contribution in [0.3, 0.4) is 0 Å². The highest BCUT2D eigenvalue weighted by atomic mass is 35.5. The average molecular weight is 505 g/mol. The Hall–Kier alpha value is -3.06. The van der Waals surface area contributed by atoms with E-state index in [1.165, 1.54) is 0 Å². The molecule has 0 saturated heterocycles. The van der Waals surface area contributed by atoms with E-state index in [1.54, 1.807) is 13.8 Å². The highest BCUT2D eigenvalue weighted by Crippen LogP contribution is 2.30. The Morgan fingerprint density at radius 1 is 1.09 bits per heavy atom. The monoisotopic (exact) mass is 504 g/mol. The maximum atomic E-state index is 13.1. The van der Waals surface area contributed by atoms with E-state index in [0.717, 1.165) is 28.8 Å². The molecule has 0 bridgehead atoms. The Bertz CT molecular complexity index is 1150. The van der Waals surface area contributed by atoms with Crippen LogP contribution >= 0.6 is 11.6 Å². The molecule has 1 heterocycles. The lowest BCUT2D eigenvalue weighted by Gasteiger charge is -2.31. The molecule has 0 spiro atoms. The number of aromatic nitrogens is 1. The molecular formula is C27H28ClF3N2O2. The molecule has 8 heteroatoms. The summed E-state index contributed by atoms with van der Waals surface area (Å²) in [6, 6.07) is 17.4. The summed E-state index contributed by atoms with van der Waals surface area (Å²) in [6.45, 7) is 7.04. The first-order valence-electron chi connectivity index (χ1n) is 11.2. The Balaban J connectivity index is 1.76. The van der Waals surface area contributed by atoms with Gasteiger partial charge in [0.25, 0.3) is 5.91 Å². The van der Waals surface area contributed by atoms with Crippen LogP contribution in [0.25, 0.3) is 0 Å². The summed E-state index contributed by atoms with van der Waals surface area (Å²) in [6.07, 6.45) is -3.14. The van der Waals surface area contributed by atoms with Gasteiger partial charge in [0.1, 0.15) is 0 Å². The van der Waals surface area contributed by atoms with Crippen LogP contribution < -0.4 is 10.1 Å². The molecule has 1 N–H and O–H groups in total. The number of amides is 1. The second-order valence-corrected chi connectivity index (χ2v) is 9.55. The molecule has 3 aromatic rings. The Morgan fingerprint density at radius 2 is 1.77 bits per heavy atom. The summed E-state index contributed by atoms with van der Waals surface area (Å²) < 4.78 is 44.0. The highest BCUT2D eigenvalue weighted by Gasteiger charge is 2.34. The number of nitrogens with one attached hydrogen (secondary N) is 1. The fraction of sp³-hybridized carbons (Fsp3) is 0.333. The van der Waals surface area contributed by atoms with E-state index >= 15 is 0 Å². The van der Waals surface area contributed by atoms with Crippen molar-refractivity contribution in [3.05, 3.63) is 94.1 Å². The van der Waals surface area contributed by atoms with Gasteiger partial charge < -0.3 is 10.1 Å². The zero-order chi connectivity index (χ0) is 25.8. The number of carbonyl (C=O) groups excluding carboxylic acids is 1. The minimum absolute atomic E-state index is 0.0416. The zero-order valence-corrected chi connectivity index (χ0v) is 20.7. The van der Waals surface area contributed by atoms with E-state index in [0.29, 0.717) is 17.6 Å². The summed E-state index contributed by atoms with van der Waals surface area (Å²) >= 11 is 6.03. The van der Waals surface area contributed by atoms with Gasteiger partial charge in [0, 0.05) is 29.2 Å². The molecule has 186 valence electrons. The minimum Gasteiger partial charge on any atom is -0.462 e. The molecule has 0 radical (unpaired) electrons. The summed E-state index contributed by atoms with van der Waals surface area (Å²) in [5, 5.41) is 3.68. The lowest BCUT2D eigenvalue weighted by molar-refractivity contribution is -0.138. The van der Waals surface area contributed by atoms with Gasteiger partial charge in [-0.15, -0.1) is 0 Å². The van der Waals surface area contributed by atoms with Crippen LogP contribution in [0.5, 0.6) is 5.88 Å². The largest absolute Gasteiger partial charge is 0.462 e. The molecule has 0 aliphatic heterocycles. The number of alkyl halides is 3. The first kappa shape index (κ1) is 26.5. The lowest BCUT2D eigenvalue weighted by Crippen LogP contribution is -2.51. The van der Waals surface area contributed by atoms with E-state index in [4.69, 9.17) is 16.3 Å². The van der Waals surface area contributed by atoms with Crippen molar-refractivity contribution in [2.75, 3.05) is 0 Å². The van der Waals surface area contributed by atoms with E-state index < -0.39 is 23.2 Å². The number of nitrogens with zero attached hydrogens (tertiary/aromatic N) is 1. The number of hydrogen-bond donors (Lipinski definition) is 1. The zero-order valence-electron chi connectivity index (χ0n) is 20.0. The molecule has 2 atom stereocenters. The van der Waals surface area contributed by atoms with Crippen LogP contribution in [-0.2, 0) is 17.4 Å². The van der Waals surface area contributed by atoms with Gasteiger partial charge in [-0.3, -0.25) is 4.79 Å². The van der Waals surface area contributed by atoms with Crippen LogP contribution in [0.1, 0.15) is 48.9 Å². The molecule has 0 saturated carbocycles. The smallest absolute Gasteiger partial charge is 0.417 e. The predicted molar refractivity (Wildman–Crippen MR) is 131 cm³/mol. The third-order valence-electron chi connectivity index (χ3n) is 5.77. The van der Waals surface area contributed by atoms with Gasteiger partial charge in [0.15, 0.2) is 5.60 Å². The van der Waals surface area contributed by atoms with Crippen molar-refractivity contribution >= 4 is 17.5 Å². The molecule has 0 aliphatic carbocycles. The van der Waals surface area contributed by atoms with Gasteiger partial charge in [-0.25, -0.2) is 4.98 Å². The molecule has 35 heavy (non-hydrogen) atoms. The number of hydrogen-bond acceptors (Lipinski definition) is 3. The topological polar surface area (TPSA) is 51.2 Å². The van der Waals surface area contributed by atoms with Crippen molar-refractivity contribution in [3.8, 4) is 5.88 Å². The summed E-state index contributed by atoms with van der Waals surface area (Å²) in [7, 11) is 0. The van der Waals surface area contributed by atoms with Gasteiger partial charge in [0.2, 0.25) is 5.88 Å². The number of carbonyl (C=O) groups is 1. The number of benzene rings is 2. The van der Waals surface area contributed by atoms with Crippen molar-refractivity contribution in [2.45, 2.75) is 57.9 Å². The maximum Gasteiger partial charge on any atom is 0.417 e. The standard InChI is InChI=1S/C27H28ClF3N2O2/c1-17-6-5-7-20(14-17)23(15-19-8-11-22(28)12-9-19)18(2)33-25(34)26(3,4)35-24-13-10-21(16-32-24)27(29,30)31/h5-14,16,18,23H,15H2,1-4H3,(H,33,34). The second kappa shape index (κ2) is 10.7. The molecule has 1 amide bonds. The average Bonchev–Trinajstić information content (AvgIpc) is 2.78. The first-order valence-corrected chi connectivity index (χ1v) is 11.6. The van der Waals surface area contributed by atoms with Gasteiger partial charge >= 0.3 is 6.18 Å². The molecule has 0 fully saturated rings. The van der Waals surface area contributed by atoms with E-state index in [1.807, 2.05) is 56.3 Å². The van der Waals surface area contributed by atoms with Crippen molar-refractivity contribution in [3.63, 3.8) is 0 Å². The van der Waals surface area contributed by atoms with Crippen LogP contribution in [0.4, 0.5) is 13.2 Å². The van der Waals surface area contributed by atoms with Gasteiger partial charge in [-0.05, 0) is 63.4 Å². The summed E-state index contributed by atoms with van der Waals surface area (Å²) in [4.78, 5) is 16.9. The maximum absolute atomic E-state index is 13.1. The summed E-state index contributed by atoms with van der Waals surface area (Å²) in [5.41, 5.74) is 1.02. The number of halogens is 4. The molecule has 0 aliphatic rings. The summed E-state index contributed by atoms with van der Waals surface area (Å²) in [5.74, 6) is -0.511. The van der Waals surface area contributed by atoms with Gasteiger partial charge in [-0.2, -0.15) is 13.2 Å². The van der Waals surface area contributed by atoms with Crippen molar-refractivity contribution in [1.29, 1.82) is 0 Å². The SMILES string of the molecule is Cc1cccc(C(Cc2ccc(Cl)cc2)C(C)NC(=O)C(C)(C)Oc2ccc(C(F)(F)F)cn2)c1. The number of aryl methyl sites for hydroxylation is 1. The Morgan fingerprint density at radius 3 is 2.34 bits per heavy atom. The third kappa shape index (κ3) is 7.21. The number of ether oxygens (including phenoxy) is 1. The van der Waals surface area contributed by atoms with Crippen molar-refractivity contribution in [1.82, 2.24) is 10.3 Å². The van der Waals surface area contributed by atoms with Crippen LogP contribution in [0.15, 0.2) is 66.9 Å². The van der Waals surface area contributed by atoms with E-state index in [-0.39, 0.29) is 17.8 Å². The third-order valence-corrected chi connectivity index (χ3v) is 6.02.